The Kier molecular flexibility index (Phi) is 5.49. The molecule has 0 saturated carbocycles. The molecule has 1 aromatic heterocycles. The van der Waals surface area contributed by atoms with Crippen molar-refractivity contribution in [1.82, 2.24) is 9.88 Å². The van der Waals surface area contributed by atoms with Gasteiger partial charge < -0.3 is 19.4 Å². The molecule has 26 heavy (non-hydrogen) atoms. The molecule has 0 atom stereocenters. The molecule has 0 bridgehead atoms. The standard InChI is InChI=1S/C20H19ClN2O3/c1-25-15-7-5-6-14(10-15)13-22-20(24)16-11-17(21)18(12-19(16)26-2)23-8-3-4-9-23/h3-12H,13H2,1-2H3,(H,22,24). The molecule has 6 heteroatoms. The quantitative estimate of drug-likeness (QED) is 0.711. The lowest BCUT2D eigenvalue weighted by Crippen LogP contribution is -2.23. The maximum atomic E-state index is 12.6. The second kappa shape index (κ2) is 7.97. The molecule has 1 heterocycles. The number of halogens is 1. The first-order chi connectivity index (χ1) is 12.6. The van der Waals surface area contributed by atoms with Crippen LogP contribution in [-0.4, -0.2) is 24.7 Å². The first-order valence-corrected chi connectivity index (χ1v) is 8.42. The summed E-state index contributed by atoms with van der Waals surface area (Å²) in [6, 6.07) is 14.7. The first kappa shape index (κ1) is 17.9. The van der Waals surface area contributed by atoms with Crippen molar-refractivity contribution < 1.29 is 14.3 Å². The van der Waals surface area contributed by atoms with Crippen molar-refractivity contribution in [2.45, 2.75) is 6.54 Å². The van der Waals surface area contributed by atoms with Crippen LogP contribution in [0.1, 0.15) is 15.9 Å². The van der Waals surface area contributed by atoms with Crippen molar-refractivity contribution >= 4 is 17.5 Å². The third-order valence-electron chi connectivity index (χ3n) is 3.98. The zero-order chi connectivity index (χ0) is 18.5. The molecule has 1 amide bonds. The maximum absolute atomic E-state index is 12.6. The second-order valence-corrected chi connectivity index (χ2v) is 6.04. The minimum Gasteiger partial charge on any atom is -0.497 e. The van der Waals surface area contributed by atoms with Crippen molar-refractivity contribution in [3.8, 4) is 17.2 Å². The van der Waals surface area contributed by atoms with Crippen LogP contribution in [0.2, 0.25) is 5.02 Å². The monoisotopic (exact) mass is 370 g/mol. The Morgan fingerprint density at radius 2 is 1.85 bits per heavy atom. The number of ether oxygens (including phenoxy) is 2. The van der Waals surface area contributed by atoms with Crippen molar-refractivity contribution in [1.29, 1.82) is 0 Å². The Bertz CT molecular complexity index is 907. The lowest BCUT2D eigenvalue weighted by molar-refractivity contribution is 0.0948. The Morgan fingerprint density at radius 3 is 2.54 bits per heavy atom. The number of methoxy groups -OCH3 is 2. The van der Waals surface area contributed by atoms with Gasteiger partial charge in [0.2, 0.25) is 0 Å². The van der Waals surface area contributed by atoms with Gasteiger partial charge in [-0.05, 0) is 35.9 Å². The van der Waals surface area contributed by atoms with Crippen LogP contribution in [0.4, 0.5) is 0 Å². The Morgan fingerprint density at radius 1 is 1.08 bits per heavy atom. The molecule has 5 nitrogen and oxygen atoms in total. The summed E-state index contributed by atoms with van der Waals surface area (Å²) in [6.07, 6.45) is 3.76. The van der Waals surface area contributed by atoms with Crippen LogP contribution in [0.3, 0.4) is 0 Å². The number of carbonyl (C=O) groups is 1. The van der Waals surface area contributed by atoms with Gasteiger partial charge in [0.15, 0.2) is 0 Å². The van der Waals surface area contributed by atoms with E-state index in [2.05, 4.69) is 5.32 Å². The molecule has 2 aromatic carbocycles. The van der Waals surface area contributed by atoms with E-state index in [0.29, 0.717) is 22.9 Å². The summed E-state index contributed by atoms with van der Waals surface area (Å²) in [5, 5.41) is 3.35. The normalized spacial score (nSPS) is 10.4. The number of benzene rings is 2. The summed E-state index contributed by atoms with van der Waals surface area (Å²) >= 11 is 6.38. The Labute approximate surface area is 157 Å². The van der Waals surface area contributed by atoms with E-state index in [1.165, 1.54) is 7.11 Å². The highest BCUT2D eigenvalue weighted by Gasteiger charge is 2.16. The van der Waals surface area contributed by atoms with E-state index in [-0.39, 0.29) is 5.91 Å². The Balaban J connectivity index is 1.81. The Hall–Kier alpha value is -2.92. The van der Waals surface area contributed by atoms with Crippen LogP contribution < -0.4 is 14.8 Å². The van der Waals surface area contributed by atoms with Crippen molar-refractivity contribution in [3.63, 3.8) is 0 Å². The zero-order valence-electron chi connectivity index (χ0n) is 14.5. The SMILES string of the molecule is COc1cccc(CNC(=O)c2cc(Cl)c(-n3cccc3)cc2OC)c1. The van der Waals surface area contributed by atoms with E-state index in [4.69, 9.17) is 21.1 Å². The molecule has 0 unspecified atom stereocenters. The van der Waals surface area contributed by atoms with Gasteiger partial charge in [0.1, 0.15) is 11.5 Å². The van der Waals surface area contributed by atoms with Crippen LogP contribution in [0.25, 0.3) is 5.69 Å². The van der Waals surface area contributed by atoms with E-state index < -0.39 is 0 Å². The van der Waals surface area contributed by atoms with Crippen molar-refractivity contribution in [2.75, 3.05) is 14.2 Å². The van der Waals surface area contributed by atoms with Gasteiger partial charge in [-0.25, -0.2) is 0 Å². The third-order valence-corrected chi connectivity index (χ3v) is 4.29. The van der Waals surface area contributed by atoms with Crippen molar-refractivity contribution in [2.24, 2.45) is 0 Å². The smallest absolute Gasteiger partial charge is 0.255 e. The van der Waals surface area contributed by atoms with Crippen LogP contribution in [-0.2, 0) is 6.54 Å². The summed E-state index contributed by atoms with van der Waals surface area (Å²) in [5.41, 5.74) is 2.07. The molecule has 0 spiro atoms. The van der Waals surface area contributed by atoms with Crippen molar-refractivity contribution in [3.05, 3.63) is 77.1 Å². The van der Waals surface area contributed by atoms with E-state index in [9.17, 15) is 4.79 Å². The lowest BCUT2D eigenvalue weighted by Gasteiger charge is -2.14. The molecule has 0 fully saturated rings. The average Bonchev–Trinajstić information content (AvgIpc) is 3.20. The van der Waals surface area contributed by atoms with Gasteiger partial charge >= 0.3 is 0 Å². The molecule has 3 rings (SSSR count). The summed E-state index contributed by atoms with van der Waals surface area (Å²) in [7, 11) is 3.14. The highest BCUT2D eigenvalue weighted by molar-refractivity contribution is 6.33. The molecule has 1 N–H and O–H groups in total. The number of aromatic nitrogens is 1. The molecule has 134 valence electrons. The number of hydrogen-bond acceptors (Lipinski definition) is 3. The van der Waals surface area contributed by atoms with Gasteiger partial charge in [-0.2, -0.15) is 0 Å². The highest BCUT2D eigenvalue weighted by atomic mass is 35.5. The van der Waals surface area contributed by atoms with Crippen LogP contribution in [0.5, 0.6) is 11.5 Å². The van der Waals surface area contributed by atoms with Gasteiger partial charge in [0.05, 0.1) is 30.5 Å². The number of amides is 1. The molecular weight excluding hydrogens is 352 g/mol. The molecular formula is C20H19ClN2O3. The van der Waals surface area contributed by atoms with Gasteiger partial charge in [-0.1, -0.05) is 23.7 Å². The number of rotatable bonds is 6. The fraction of sp³-hybridized carbons (Fsp3) is 0.150. The van der Waals surface area contributed by atoms with E-state index >= 15 is 0 Å². The summed E-state index contributed by atoms with van der Waals surface area (Å²) in [4.78, 5) is 12.6. The molecule has 3 aromatic rings. The topological polar surface area (TPSA) is 52.5 Å². The fourth-order valence-corrected chi connectivity index (χ4v) is 2.90. The first-order valence-electron chi connectivity index (χ1n) is 8.04. The van der Waals surface area contributed by atoms with Crippen LogP contribution in [0, 0.1) is 0 Å². The molecule has 0 saturated heterocycles. The fourth-order valence-electron chi connectivity index (χ4n) is 2.64. The predicted molar refractivity (Wildman–Crippen MR) is 101 cm³/mol. The van der Waals surface area contributed by atoms with Gasteiger partial charge in [-0.15, -0.1) is 0 Å². The lowest BCUT2D eigenvalue weighted by atomic mass is 10.1. The number of nitrogens with one attached hydrogen (secondary N) is 1. The zero-order valence-corrected chi connectivity index (χ0v) is 15.3. The summed E-state index contributed by atoms with van der Waals surface area (Å²) < 4.78 is 12.5. The van der Waals surface area contributed by atoms with E-state index in [1.807, 2.05) is 53.4 Å². The predicted octanol–water partition coefficient (Wildman–Crippen LogP) is 4.08. The second-order valence-electron chi connectivity index (χ2n) is 5.63. The highest BCUT2D eigenvalue weighted by Crippen LogP contribution is 2.30. The number of nitrogens with zero attached hydrogens (tertiary/aromatic N) is 1. The van der Waals surface area contributed by atoms with Gasteiger partial charge in [0, 0.05) is 25.0 Å². The molecule has 0 aliphatic rings. The van der Waals surface area contributed by atoms with Crippen LogP contribution in [0.15, 0.2) is 60.9 Å². The largest absolute Gasteiger partial charge is 0.497 e. The minimum absolute atomic E-state index is 0.259. The van der Waals surface area contributed by atoms with E-state index in [0.717, 1.165) is 17.0 Å². The summed E-state index contributed by atoms with van der Waals surface area (Å²) in [6.45, 7) is 0.371. The van der Waals surface area contributed by atoms with Gasteiger partial charge in [0.25, 0.3) is 5.91 Å². The summed E-state index contributed by atoms with van der Waals surface area (Å²) in [5.74, 6) is 0.945. The average molecular weight is 371 g/mol. The number of hydrogen-bond donors (Lipinski definition) is 1. The third kappa shape index (κ3) is 3.83. The molecule has 0 radical (unpaired) electrons. The van der Waals surface area contributed by atoms with Gasteiger partial charge in [-0.3, -0.25) is 4.79 Å². The molecule has 0 aliphatic heterocycles. The van der Waals surface area contributed by atoms with Crippen LogP contribution >= 0.6 is 11.6 Å². The maximum Gasteiger partial charge on any atom is 0.255 e. The van der Waals surface area contributed by atoms with E-state index in [1.54, 1.807) is 19.2 Å². The molecule has 0 aliphatic carbocycles. The number of carbonyl (C=O) groups excluding carboxylic acids is 1. The minimum atomic E-state index is -0.259.